The van der Waals surface area contributed by atoms with Crippen molar-refractivity contribution >= 4 is 33.9 Å². The molecular formula is C27H25N5O3. The van der Waals surface area contributed by atoms with Gasteiger partial charge in [-0.1, -0.05) is 13.0 Å². The first-order chi connectivity index (χ1) is 16.8. The van der Waals surface area contributed by atoms with Gasteiger partial charge in [-0.2, -0.15) is 5.26 Å². The molecule has 8 heteroatoms. The monoisotopic (exact) mass is 467 g/mol. The van der Waals surface area contributed by atoms with E-state index in [1.165, 1.54) is 23.0 Å². The van der Waals surface area contributed by atoms with Crippen LogP contribution in [0.15, 0.2) is 65.7 Å². The van der Waals surface area contributed by atoms with Crippen LogP contribution in [0.25, 0.3) is 10.9 Å². The lowest BCUT2D eigenvalue weighted by atomic mass is 9.95. The van der Waals surface area contributed by atoms with Gasteiger partial charge in [0.1, 0.15) is 5.75 Å². The van der Waals surface area contributed by atoms with Crippen LogP contribution in [0.1, 0.15) is 40.7 Å². The Morgan fingerprint density at radius 1 is 1.14 bits per heavy atom. The molecule has 0 saturated carbocycles. The smallest absolute Gasteiger partial charge is 0.260 e. The second-order valence-electron chi connectivity index (χ2n) is 8.40. The lowest BCUT2D eigenvalue weighted by Crippen LogP contribution is -2.16. The van der Waals surface area contributed by atoms with Crippen molar-refractivity contribution in [3.8, 4) is 11.8 Å². The highest BCUT2D eigenvalue weighted by Crippen LogP contribution is 2.28. The molecule has 1 atom stereocenters. The van der Waals surface area contributed by atoms with Crippen molar-refractivity contribution in [1.29, 1.82) is 5.26 Å². The molecule has 0 aliphatic carbocycles. The zero-order valence-corrected chi connectivity index (χ0v) is 19.7. The van der Waals surface area contributed by atoms with Crippen LogP contribution in [0.2, 0.25) is 0 Å². The predicted octanol–water partition coefficient (Wildman–Crippen LogP) is 4.96. The highest BCUT2D eigenvalue weighted by molar-refractivity contribution is 6.05. The summed E-state index contributed by atoms with van der Waals surface area (Å²) in [6.45, 7) is 3.81. The maximum Gasteiger partial charge on any atom is 0.260 e. The molecule has 35 heavy (non-hydrogen) atoms. The summed E-state index contributed by atoms with van der Waals surface area (Å²) in [6, 6.07) is 17.5. The van der Waals surface area contributed by atoms with E-state index < -0.39 is 11.8 Å². The molecule has 4 aromatic rings. The Bertz CT molecular complexity index is 1530. The van der Waals surface area contributed by atoms with Crippen molar-refractivity contribution < 1.29 is 9.90 Å². The number of aryl methyl sites for hydroxylation is 2. The number of amides is 1. The zero-order chi connectivity index (χ0) is 25.1. The minimum absolute atomic E-state index is 0.0652. The minimum Gasteiger partial charge on any atom is -0.508 e. The van der Waals surface area contributed by atoms with Crippen LogP contribution in [-0.4, -0.2) is 20.6 Å². The fourth-order valence-corrected chi connectivity index (χ4v) is 3.85. The molecule has 0 aliphatic rings. The molecule has 3 N–H and O–H groups in total. The maximum absolute atomic E-state index is 12.9. The number of anilines is 3. The van der Waals surface area contributed by atoms with Crippen LogP contribution in [-0.2, 0) is 7.05 Å². The second kappa shape index (κ2) is 9.69. The average Bonchev–Trinajstić information content (AvgIpc) is 2.84. The zero-order valence-electron chi connectivity index (χ0n) is 19.7. The lowest BCUT2D eigenvalue weighted by molar-refractivity contribution is 0.102. The summed E-state index contributed by atoms with van der Waals surface area (Å²) in [6.07, 6.45) is 2.07. The van der Waals surface area contributed by atoms with E-state index in [1.54, 1.807) is 37.4 Å². The number of phenolic OH excluding ortho intramolecular Hbond substituents is 1. The molecule has 1 aromatic heterocycles. The Morgan fingerprint density at radius 3 is 2.66 bits per heavy atom. The molecule has 1 heterocycles. The van der Waals surface area contributed by atoms with Gasteiger partial charge in [-0.15, -0.1) is 0 Å². The van der Waals surface area contributed by atoms with Crippen LogP contribution in [0.4, 0.5) is 17.1 Å². The van der Waals surface area contributed by atoms with Gasteiger partial charge in [0.05, 0.1) is 29.2 Å². The van der Waals surface area contributed by atoms with E-state index in [-0.39, 0.29) is 16.9 Å². The topological polar surface area (TPSA) is 120 Å². The van der Waals surface area contributed by atoms with Gasteiger partial charge in [0.25, 0.3) is 11.5 Å². The van der Waals surface area contributed by atoms with Gasteiger partial charge in [-0.25, -0.2) is 4.98 Å². The van der Waals surface area contributed by atoms with Gasteiger partial charge < -0.3 is 20.3 Å². The van der Waals surface area contributed by atoms with Gasteiger partial charge in [-0.3, -0.25) is 9.59 Å². The molecule has 1 amide bonds. The fourth-order valence-electron chi connectivity index (χ4n) is 3.85. The molecule has 1 unspecified atom stereocenters. The minimum atomic E-state index is -0.405. The third-order valence-corrected chi connectivity index (χ3v) is 5.86. The number of hydrogen-bond acceptors (Lipinski definition) is 6. The van der Waals surface area contributed by atoms with Gasteiger partial charge in [0.15, 0.2) is 0 Å². The van der Waals surface area contributed by atoms with Crippen LogP contribution in [0.3, 0.4) is 0 Å². The van der Waals surface area contributed by atoms with Crippen molar-refractivity contribution in [2.75, 3.05) is 10.6 Å². The number of aromatic hydroxyl groups is 1. The highest BCUT2D eigenvalue weighted by Gasteiger charge is 2.15. The SMILES string of the molecule is CCC(C#N)c1cc(O)cc(C(=O)Nc2ccc(C)c(Nc3ccc4ncn(C)c(=O)c4c3)c2)c1. The molecule has 0 aliphatic heterocycles. The number of fused-ring (bicyclic) bond motifs is 1. The molecule has 0 radical (unpaired) electrons. The summed E-state index contributed by atoms with van der Waals surface area (Å²) in [5, 5.41) is 26.1. The molecule has 3 aromatic carbocycles. The van der Waals surface area contributed by atoms with Crippen LogP contribution >= 0.6 is 0 Å². The Labute approximate surface area is 202 Å². The van der Waals surface area contributed by atoms with Crippen LogP contribution in [0, 0.1) is 18.3 Å². The molecule has 0 spiro atoms. The molecule has 0 bridgehead atoms. The largest absolute Gasteiger partial charge is 0.508 e. The van der Waals surface area contributed by atoms with Crippen molar-refractivity contribution in [1.82, 2.24) is 9.55 Å². The van der Waals surface area contributed by atoms with Crippen molar-refractivity contribution in [2.45, 2.75) is 26.2 Å². The quantitative estimate of drug-likeness (QED) is 0.369. The van der Waals surface area contributed by atoms with E-state index in [2.05, 4.69) is 21.7 Å². The summed E-state index contributed by atoms with van der Waals surface area (Å²) in [5.41, 5.74) is 4.32. The molecule has 0 saturated heterocycles. The first-order valence-corrected chi connectivity index (χ1v) is 11.2. The number of carbonyl (C=O) groups excluding carboxylic acids is 1. The second-order valence-corrected chi connectivity index (χ2v) is 8.40. The van der Waals surface area contributed by atoms with E-state index >= 15 is 0 Å². The summed E-state index contributed by atoms with van der Waals surface area (Å²) in [7, 11) is 1.66. The van der Waals surface area contributed by atoms with Gasteiger partial charge in [0.2, 0.25) is 0 Å². The maximum atomic E-state index is 12.9. The first kappa shape index (κ1) is 23.5. The number of phenols is 1. The van der Waals surface area contributed by atoms with Crippen LogP contribution in [0.5, 0.6) is 5.75 Å². The van der Waals surface area contributed by atoms with Gasteiger partial charge in [0, 0.05) is 29.7 Å². The number of benzene rings is 3. The van der Waals surface area contributed by atoms with E-state index in [0.717, 1.165) is 11.3 Å². The van der Waals surface area contributed by atoms with Gasteiger partial charge in [-0.05, 0) is 73.0 Å². The van der Waals surface area contributed by atoms with Crippen LogP contribution < -0.4 is 16.2 Å². The van der Waals surface area contributed by atoms with Crippen molar-refractivity contribution in [3.63, 3.8) is 0 Å². The standard InChI is InChI=1S/C27H25N5O3/c1-4-17(14-28)18-9-19(11-22(33)10-18)26(34)31-21-6-5-16(2)25(13-21)30-20-7-8-24-23(12-20)27(35)32(3)15-29-24/h5-13,15,17,30,33H,4H2,1-3H3,(H,31,34). The van der Waals surface area contributed by atoms with Crippen molar-refractivity contribution in [3.05, 3.63) is 88.0 Å². The number of rotatable bonds is 6. The molecular weight excluding hydrogens is 442 g/mol. The normalized spacial score (nSPS) is 11.6. The summed E-state index contributed by atoms with van der Waals surface area (Å²) in [4.78, 5) is 29.6. The molecule has 176 valence electrons. The van der Waals surface area contributed by atoms with E-state index in [0.29, 0.717) is 34.3 Å². The fraction of sp³-hybridized carbons (Fsp3) is 0.185. The molecule has 0 fully saturated rings. The number of nitriles is 1. The number of nitrogens with zero attached hydrogens (tertiary/aromatic N) is 3. The Balaban J connectivity index is 1.59. The predicted molar refractivity (Wildman–Crippen MR) is 136 cm³/mol. The summed E-state index contributed by atoms with van der Waals surface area (Å²) >= 11 is 0. The number of hydrogen-bond donors (Lipinski definition) is 3. The van der Waals surface area contributed by atoms with E-state index in [9.17, 15) is 20.0 Å². The van der Waals surface area contributed by atoms with Gasteiger partial charge >= 0.3 is 0 Å². The lowest BCUT2D eigenvalue weighted by Gasteiger charge is -2.14. The average molecular weight is 468 g/mol. The Morgan fingerprint density at radius 2 is 1.91 bits per heavy atom. The highest BCUT2D eigenvalue weighted by atomic mass is 16.3. The number of aromatic nitrogens is 2. The first-order valence-electron chi connectivity index (χ1n) is 11.2. The van der Waals surface area contributed by atoms with Crippen molar-refractivity contribution in [2.24, 2.45) is 7.05 Å². The molecule has 4 rings (SSSR count). The summed E-state index contributed by atoms with van der Waals surface area (Å²) in [5.74, 6) is -0.868. The molecule has 8 nitrogen and oxygen atoms in total. The van der Waals surface area contributed by atoms with E-state index in [1.807, 2.05) is 26.0 Å². The summed E-state index contributed by atoms with van der Waals surface area (Å²) < 4.78 is 1.43. The Hall–Kier alpha value is -4.64. The Kier molecular flexibility index (Phi) is 6.51. The number of carbonyl (C=O) groups is 1. The number of nitrogens with one attached hydrogen (secondary N) is 2. The third kappa shape index (κ3) is 4.99. The third-order valence-electron chi connectivity index (χ3n) is 5.86. The van der Waals surface area contributed by atoms with E-state index in [4.69, 9.17) is 0 Å².